The summed E-state index contributed by atoms with van der Waals surface area (Å²) < 4.78 is 0. The van der Waals surface area contributed by atoms with Crippen LogP contribution in [0.4, 0.5) is 0 Å². The summed E-state index contributed by atoms with van der Waals surface area (Å²) in [5, 5.41) is 10.3. The molecule has 0 N–H and O–H groups in total. The predicted octanol–water partition coefficient (Wildman–Crippen LogP) is 27.8. The molecule has 0 spiro atoms. The molecule has 10 rings (SSSR count). The van der Waals surface area contributed by atoms with Gasteiger partial charge in [-0.1, -0.05) is 320 Å². The Morgan fingerprint density at radius 3 is 0.667 bits per heavy atom. The van der Waals surface area contributed by atoms with Crippen LogP contribution >= 0.6 is 0 Å². The van der Waals surface area contributed by atoms with Crippen molar-refractivity contribution in [3.8, 4) is 66.8 Å². The normalized spacial score (nSPS) is 15.2. The van der Waals surface area contributed by atoms with E-state index < -0.39 is 18.1 Å². The van der Waals surface area contributed by atoms with Crippen LogP contribution in [0, 0.1) is 14.7 Å². The average molecular weight is 1250 g/mol. The van der Waals surface area contributed by atoms with Gasteiger partial charge in [0.2, 0.25) is 0 Å². The number of hydrogen-bond acceptors (Lipinski definition) is 6. The van der Waals surface area contributed by atoms with Gasteiger partial charge in [0, 0.05) is 16.2 Å². The first-order valence-corrected chi connectivity index (χ1v) is 37.5. The van der Waals surface area contributed by atoms with Crippen molar-refractivity contribution < 1.29 is 0 Å². The highest BCUT2D eigenvalue weighted by Crippen LogP contribution is 2.72. The van der Waals surface area contributed by atoms with Crippen molar-refractivity contribution in [1.29, 1.82) is 0 Å². The lowest BCUT2D eigenvalue weighted by molar-refractivity contribution is 0.389. The summed E-state index contributed by atoms with van der Waals surface area (Å²) in [5.41, 5.74) is 28.0. The number of unbranched alkanes of at least 4 members (excludes halogenated alkanes) is 18. The summed E-state index contributed by atoms with van der Waals surface area (Å²) in [5.74, 6) is 0. The summed E-state index contributed by atoms with van der Waals surface area (Å²) in [4.78, 5) is 35.8. The van der Waals surface area contributed by atoms with E-state index in [4.69, 9.17) is 0 Å². The molecule has 492 valence electrons. The summed E-state index contributed by atoms with van der Waals surface area (Å²) in [6, 6.07) is 48.3. The molecular formula is C87H111N3O3. The topological polar surface area (TPSA) is 88.3 Å². The van der Waals surface area contributed by atoms with Gasteiger partial charge in [-0.15, -0.1) is 0 Å². The van der Waals surface area contributed by atoms with Crippen molar-refractivity contribution in [2.45, 2.75) is 289 Å². The van der Waals surface area contributed by atoms with Crippen LogP contribution in [-0.2, 0) is 16.2 Å². The molecule has 0 aliphatic heterocycles. The Morgan fingerprint density at radius 1 is 0.269 bits per heavy atom. The molecule has 3 atom stereocenters. The number of hydrogen-bond donors (Lipinski definition) is 0. The Labute approximate surface area is 560 Å². The van der Waals surface area contributed by atoms with Gasteiger partial charge in [0.05, 0.1) is 0 Å². The van der Waals surface area contributed by atoms with Crippen molar-refractivity contribution >= 4 is 0 Å². The van der Waals surface area contributed by atoms with Crippen LogP contribution in [0.15, 0.2) is 143 Å². The fourth-order valence-corrected chi connectivity index (χ4v) is 17.5. The molecule has 3 aliphatic carbocycles. The van der Waals surface area contributed by atoms with Gasteiger partial charge in [-0.2, -0.15) is 14.7 Å². The van der Waals surface area contributed by atoms with E-state index in [1.165, 1.54) is 221 Å². The highest BCUT2D eigenvalue weighted by atomic mass is 16.3. The van der Waals surface area contributed by atoms with Gasteiger partial charge in [-0.05, 0) is 194 Å². The van der Waals surface area contributed by atoms with E-state index in [1.54, 1.807) is 33.4 Å². The van der Waals surface area contributed by atoms with Gasteiger partial charge in [0.15, 0.2) is 0 Å². The Hall–Kier alpha value is -6.66. The van der Waals surface area contributed by atoms with Crippen molar-refractivity contribution in [2.24, 2.45) is 15.5 Å². The first-order chi connectivity index (χ1) is 45.5. The van der Waals surface area contributed by atoms with Gasteiger partial charge < -0.3 is 0 Å². The molecule has 93 heavy (non-hydrogen) atoms. The van der Waals surface area contributed by atoms with Crippen LogP contribution in [0.3, 0.4) is 0 Å². The Kier molecular flexibility index (Phi) is 23.9. The second-order valence-corrected chi connectivity index (χ2v) is 28.9. The molecule has 0 saturated heterocycles. The van der Waals surface area contributed by atoms with Crippen LogP contribution in [0.25, 0.3) is 66.8 Å². The lowest BCUT2D eigenvalue weighted by Gasteiger charge is -2.40. The lowest BCUT2D eigenvalue weighted by Crippen LogP contribution is -2.31. The molecule has 0 saturated carbocycles. The van der Waals surface area contributed by atoms with Gasteiger partial charge in [-0.25, -0.2) is 0 Å². The molecule has 3 aliphatic rings. The van der Waals surface area contributed by atoms with E-state index in [0.717, 1.165) is 55.2 Å². The van der Waals surface area contributed by atoms with E-state index in [1.807, 2.05) is 20.8 Å². The van der Waals surface area contributed by atoms with E-state index >= 15 is 0 Å². The van der Waals surface area contributed by atoms with E-state index in [-0.39, 0.29) is 16.2 Å². The lowest BCUT2D eigenvalue weighted by atomic mass is 9.63. The second-order valence-electron chi connectivity index (χ2n) is 28.9. The van der Waals surface area contributed by atoms with Crippen LogP contribution in [0.1, 0.15) is 323 Å². The monoisotopic (exact) mass is 1250 g/mol. The van der Waals surface area contributed by atoms with Gasteiger partial charge in [-0.3, -0.25) is 0 Å². The SMILES string of the molecule is CCCCCCC1(CCCCCC)c2cc(-c3ccc(C(C)N=O)cc3)ccc2-c2c1c1c(c3c2C(CCCCCC)(CCCCCC)c2cc(-c4ccc(C(C)N=O)cc4)ccc2-3)C(CCCCCC)(CCCCCC)c2cc(-c3ccc(C(C)N=O)cc3)ccc2-1. The maximum atomic E-state index is 11.9. The van der Waals surface area contributed by atoms with Crippen molar-refractivity contribution in [1.82, 2.24) is 0 Å². The summed E-state index contributed by atoms with van der Waals surface area (Å²) in [7, 11) is 0. The first kappa shape index (κ1) is 69.2. The van der Waals surface area contributed by atoms with Crippen LogP contribution in [-0.4, -0.2) is 0 Å². The molecule has 3 unspecified atom stereocenters. The third kappa shape index (κ3) is 13.9. The van der Waals surface area contributed by atoms with Crippen molar-refractivity contribution in [3.05, 3.63) is 192 Å². The fraction of sp³-hybridized carbons (Fsp3) is 0.517. The highest BCUT2D eigenvalue weighted by Gasteiger charge is 2.58. The quantitative estimate of drug-likeness (QED) is 0.0284. The largest absolute Gasteiger partial charge is 0.150 e. The van der Waals surface area contributed by atoms with Gasteiger partial charge in [0.1, 0.15) is 18.1 Å². The maximum absolute atomic E-state index is 11.9. The standard InChI is InChI=1S/C87H111N3O3/c1-10-16-22-28-52-85(53-29-23-17-11-2)76-58-70(67-40-34-64(35-41-67)61(7)88-91)46-49-73(76)79-82(85)80-74-50-47-71(68-42-36-65(37-43-68)62(8)89-92)59-77(74)86(54-30-24-18-12-3,55-31-25-19-13-4)84(80)81-75-51-48-72(69-44-38-66(39-45-69)63(9)90-93)60-78(75)87(83(79)81,56-32-26-20-14-5)57-33-27-21-15-6/h34-51,58-63H,10-33,52-57H2,1-9H3. The van der Waals surface area contributed by atoms with Crippen LogP contribution < -0.4 is 0 Å². The minimum absolute atomic E-state index is 0.266. The predicted molar refractivity (Wildman–Crippen MR) is 397 cm³/mol. The average Bonchev–Trinajstić information content (AvgIpc) is 1.48. The molecule has 6 heteroatoms. The molecule has 0 aromatic heterocycles. The first-order valence-electron chi connectivity index (χ1n) is 37.5. The van der Waals surface area contributed by atoms with Crippen LogP contribution in [0.5, 0.6) is 0 Å². The van der Waals surface area contributed by atoms with Gasteiger partial charge in [0.25, 0.3) is 0 Å². The smallest absolute Gasteiger partial charge is 0.114 e. The van der Waals surface area contributed by atoms with E-state index in [9.17, 15) is 14.7 Å². The zero-order valence-electron chi connectivity index (χ0n) is 58.6. The Balaban J connectivity index is 1.40. The third-order valence-corrected chi connectivity index (χ3v) is 22.7. The highest BCUT2D eigenvalue weighted by molar-refractivity contribution is 6.06. The molecule has 0 fully saturated rings. The zero-order valence-corrected chi connectivity index (χ0v) is 58.6. The number of nitrogens with zero attached hydrogens (tertiary/aromatic N) is 3. The molecule has 0 heterocycles. The molecule has 7 aromatic carbocycles. The van der Waals surface area contributed by atoms with Gasteiger partial charge >= 0.3 is 0 Å². The molecular weight excluding hydrogens is 1130 g/mol. The third-order valence-electron chi connectivity index (χ3n) is 22.7. The molecule has 0 amide bonds. The molecule has 0 bridgehead atoms. The molecule has 0 radical (unpaired) electrons. The summed E-state index contributed by atoms with van der Waals surface area (Å²) in [6.07, 6.45) is 35.5. The summed E-state index contributed by atoms with van der Waals surface area (Å²) in [6.45, 7) is 19.9. The summed E-state index contributed by atoms with van der Waals surface area (Å²) >= 11 is 0. The zero-order chi connectivity index (χ0) is 65.5. The number of benzene rings is 7. The number of rotatable bonds is 39. The fourth-order valence-electron chi connectivity index (χ4n) is 17.5. The van der Waals surface area contributed by atoms with E-state index in [2.05, 4.69) is 184 Å². The molecule has 7 aromatic rings. The number of nitroso groups, excluding NO2 is 3. The second kappa shape index (κ2) is 32.2. The minimum atomic E-state index is -0.406. The van der Waals surface area contributed by atoms with Crippen molar-refractivity contribution in [3.63, 3.8) is 0 Å². The Morgan fingerprint density at radius 2 is 0.473 bits per heavy atom. The van der Waals surface area contributed by atoms with Crippen molar-refractivity contribution in [2.75, 3.05) is 0 Å². The van der Waals surface area contributed by atoms with Crippen LogP contribution in [0.2, 0.25) is 0 Å². The molecule has 6 nitrogen and oxygen atoms in total. The Bertz CT molecular complexity index is 3200. The maximum Gasteiger partial charge on any atom is 0.114 e. The minimum Gasteiger partial charge on any atom is -0.150 e. The number of fused-ring (bicyclic) bond motifs is 12. The van der Waals surface area contributed by atoms with E-state index in [0.29, 0.717) is 0 Å².